The first-order valence-electron chi connectivity index (χ1n) is 5.96. The number of likely N-dealkylation sites (N-methyl/N-ethyl adjacent to an activating group) is 1. The molecule has 0 radical (unpaired) electrons. The average molecular weight is 284 g/mol. The molecule has 2 rings (SSSR count). The molecule has 1 aromatic heterocycles. The fraction of sp³-hybridized carbons (Fsp3) is 0.636. The zero-order valence-corrected chi connectivity index (χ0v) is 11.7. The maximum Gasteiger partial charge on any atom is 0.362 e. The molecular weight excluding hydrogens is 268 g/mol. The standard InChI is InChI=1S/C11H16N4O3S/c1-3-15-9(5-17-6-10(15)19-2)18-11(16)8-4-12-7-13-14-8/h4,7,9-10H,3,5-6H2,1-2H3. The van der Waals surface area contributed by atoms with Crippen LogP contribution in [0.3, 0.4) is 0 Å². The molecule has 1 aliphatic rings. The van der Waals surface area contributed by atoms with Gasteiger partial charge >= 0.3 is 5.97 Å². The van der Waals surface area contributed by atoms with Crippen LogP contribution >= 0.6 is 11.8 Å². The molecule has 2 heterocycles. The van der Waals surface area contributed by atoms with E-state index in [2.05, 4.69) is 20.1 Å². The lowest BCUT2D eigenvalue weighted by molar-refractivity contribution is -0.119. The number of hydrogen-bond acceptors (Lipinski definition) is 8. The van der Waals surface area contributed by atoms with Crippen molar-refractivity contribution in [3.63, 3.8) is 0 Å². The summed E-state index contributed by atoms with van der Waals surface area (Å²) < 4.78 is 10.9. The monoisotopic (exact) mass is 284 g/mol. The van der Waals surface area contributed by atoms with Gasteiger partial charge in [0.05, 0.1) is 24.8 Å². The smallest absolute Gasteiger partial charge is 0.362 e. The Bertz CT molecular complexity index is 420. The molecule has 0 spiro atoms. The summed E-state index contributed by atoms with van der Waals surface area (Å²) in [6.45, 7) is 3.81. The number of ether oxygens (including phenoxy) is 2. The van der Waals surface area contributed by atoms with Crippen molar-refractivity contribution in [3.8, 4) is 0 Å². The number of carbonyl (C=O) groups excluding carboxylic acids is 1. The van der Waals surface area contributed by atoms with E-state index in [1.165, 1.54) is 12.5 Å². The second-order valence-corrected chi connectivity index (χ2v) is 4.93. The summed E-state index contributed by atoms with van der Waals surface area (Å²) in [5, 5.41) is 7.43. The fourth-order valence-corrected chi connectivity index (χ4v) is 2.67. The number of rotatable bonds is 4. The maximum absolute atomic E-state index is 11.9. The van der Waals surface area contributed by atoms with Gasteiger partial charge < -0.3 is 9.47 Å². The number of thioether (sulfide) groups is 1. The van der Waals surface area contributed by atoms with Crippen LogP contribution in [0.2, 0.25) is 0 Å². The third kappa shape index (κ3) is 3.40. The Hall–Kier alpha value is -1.25. The molecule has 0 amide bonds. The highest BCUT2D eigenvalue weighted by Gasteiger charge is 2.32. The third-order valence-electron chi connectivity index (χ3n) is 2.83. The van der Waals surface area contributed by atoms with E-state index in [-0.39, 0.29) is 11.1 Å². The molecule has 1 aliphatic heterocycles. The van der Waals surface area contributed by atoms with Crippen molar-refractivity contribution in [2.75, 3.05) is 26.0 Å². The largest absolute Gasteiger partial charge is 0.439 e. The van der Waals surface area contributed by atoms with Crippen molar-refractivity contribution >= 4 is 17.7 Å². The van der Waals surface area contributed by atoms with Gasteiger partial charge in [-0.15, -0.1) is 22.0 Å². The van der Waals surface area contributed by atoms with Gasteiger partial charge in [-0.05, 0) is 12.8 Å². The average Bonchev–Trinajstić information content (AvgIpc) is 2.47. The van der Waals surface area contributed by atoms with E-state index in [0.29, 0.717) is 13.2 Å². The minimum absolute atomic E-state index is 0.102. The molecule has 8 heteroatoms. The Labute approximate surface area is 115 Å². The van der Waals surface area contributed by atoms with Crippen molar-refractivity contribution in [1.29, 1.82) is 0 Å². The fourth-order valence-electron chi connectivity index (χ4n) is 1.88. The van der Waals surface area contributed by atoms with Crippen LogP contribution in [0.4, 0.5) is 0 Å². The molecular formula is C11H16N4O3S. The van der Waals surface area contributed by atoms with Gasteiger partial charge in [-0.25, -0.2) is 9.78 Å². The van der Waals surface area contributed by atoms with Crippen LogP contribution < -0.4 is 0 Å². The second kappa shape index (κ2) is 6.78. The van der Waals surface area contributed by atoms with Crippen molar-refractivity contribution in [1.82, 2.24) is 20.1 Å². The number of morpholine rings is 1. The SMILES string of the molecule is CCN1C(OC(=O)c2cncnn2)COCC1SC. The molecule has 0 bridgehead atoms. The van der Waals surface area contributed by atoms with Crippen LogP contribution in [0.1, 0.15) is 17.4 Å². The van der Waals surface area contributed by atoms with E-state index < -0.39 is 12.2 Å². The topological polar surface area (TPSA) is 77.4 Å². The third-order valence-corrected chi connectivity index (χ3v) is 3.78. The number of esters is 1. The highest BCUT2D eigenvalue weighted by molar-refractivity contribution is 7.99. The Kier molecular flexibility index (Phi) is 5.06. The minimum atomic E-state index is -0.533. The lowest BCUT2D eigenvalue weighted by atomic mass is 10.3. The van der Waals surface area contributed by atoms with Gasteiger partial charge in [0.1, 0.15) is 6.33 Å². The molecule has 2 unspecified atom stereocenters. The van der Waals surface area contributed by atoms with Gasteiger partial charge in [0, 0.05) is 0 Å². The number of nitrogens with zero attached hydrogens (tertiary/aromatic N) is 4. The first-order chi connectivity index (χ1) is 9.26. The Morgan fingerprint density at radius 3 is 3.11 bits per heavy atom. The number of hydrogen-bond donors (Lipinski definition) is 0. The molecule has 0 aliphatic carbocycles. The highest BCUT2D eigenvalue weighted by atomic mass is 32.2. The maximum atomic E-state index is 11.9. The first-order valence-corrected chi connectivity index (χ1v) is 7.25. The zero-order chi connectivity index (χ0) is 13.7. The molecule has 1 fully saturated rings. The van der Waals surface area contributed by atoms with Crippen LogP contribution in [-0.2, 0) is 9.47 Å². The Morgan fingerprint density at radius 2 is 2.47 bits per heavy atom. The van der Waals surface area contributed by atoms with E-state index in [1.807, 2.05) is 13.2 Å². The van der Waals surface area contributed by atoms with E-state index in [0.717, 1.165) is 6.54 Å². The normalized spacial score (nSPS) is 24.1. The molecule has 19 heavy (non-hydrogen) atoms. The molecule has 104 valence electrons. The van der Waals surface area contributed by atoms with Gasteiger partial charge in [0.15, 0.2) is 11.9 Å². The molecule has 0 aromatic carbocycles. The van der Waals surface area contributed by atoms with Crippen LogP contribution in [0.15, 0.2) is 12.5 Å². The highest BCUT2D eigenvalue weighted by Crippen LogP contribution is 2.22. The summed E-state index contributed by atoms with van der Waals surface area (Å²) in [4.78, 5) is 17.8. The van der Waals surface area contributed by atoms with Crippen LogP contribution in [0, 0.1) is 0 Å². The number of carbonyl (C=O) groups is 1. The summed E-state index contributed by atoms with van der Waals surface area (Å²) in [6.07, 6.45) is 4.21. The van der Waals surface area contributed by atoms with E-state index in [4.69, 9.17) is 9.47 Å². The van der Waals surface area contributed by atoms with Crippen molar-refractivity contribution < 1.29 is 14.3 Å². The lowest BCUT2D eigenvalue weighted by Gasteiger charge is -2.39. The van der Waals surface area contributed by atoms with Gasteiger partial charge in [-0.1, -0.05) is 6.92 Å². The predicted octanol–water partition coefficient (Wildman–Crippen LogP) is 0.396. The Morgan fingerprint density at radius 1 is 1.63 bits per heavy atom. The summed E-state index contributed by atoms with van der Waals surface area (Å²) in [7, 11) is 0. The van der Waals surface area contributed by atoms with Gasteiger partial charge in [0.2, 0.25) is 0 Å². The van der Waals surface area contributed by atoms with E-state index in [9.17, 15) is 4.79 Å². The second-order valence-electron chi connectivity index (χ2n) is 3.91. The quantitative estimate of drug-likeness (QED) is 0.735. The van der Waals surface area contributed by atoms with Gasteiger partial charge in [0.25, 0.3) is 0 Å². The summed E-state index contributed by atoms with van der Waals surface area (Å²) in [5.74, 6) is -0.533. The van der Waals surface area contributed by atoms with Crippen LogP contribution in [0.5, 0.6) is 0 Å². The van der Waals surface area contributed by atoms with E-state index in [1.54, 1.807) is 11.8 Å². The van der Waals surface area contributed by atoms with Crippen molar-refractivity contribution in [2.45, 2.75) is 18.5 Å². The van der Waals surface area contributed by atoms with Crippen LogP contribution in [0.25, 0.3) is 0 Å². The van der Waals surface area contributed by atoms with E-state index >= 15 is 0 Å². The molecule has 0 saturated carbocycles. The summed E-state index contributed by atoms with van der Waals surface area (Å²) in [5.41, 5.74) is 0.102. The Balaban J connectivity index is 2.03. The van der Waals surface area contributed by atoms with Gasteiger partial charge in [-0.2, -0.15) is 0 Å². The molecule has 1 saturated heterocycles. The van der Waals surface area contributed by atoms with Crippen LogP contribution in [-0.4, -0.2) is 63.7 Å². The molecule has 0 N–H and O–H groups in total. The first kappa shape index (κ1) is 14.2. The van der Waals surface area contributed by atoms with Gasteiger partial charge in [-0.3, -0.25) is 4.90 Å². The number of aromatic nitrogens is 3. The van der Waals surface area contributed by atoms with Crippen molar-refractivity contribution in [2.24, 2.45) is 0 Å². The molecule has 7 nitrogen and oxygen atoms in total. The summed E-state index contributed by atoms with van der Waals surface area (Å²) in [6, 6.07) is 0. The predicted molar refractivity (Wildman–Crippen MR) is 69.5 cm³/mol. The lowest BCUT2D eigenvalue weighted by Crippen LogP contribution is -2.52. The molecule has 1 aromatic rings. The minimum Gasteiger partial charge on any atom is -0.439 e. The van der Waals surface area contributed by atoms with Crippen molar-refractivity contribution in [3.05, 3.63) is 18.2 Å². The zero-order valence-electron chi connectivity index (χ0n) is 10.9. The summed E-state index contributed by atoms with van der Waals surface area (Å²) >= 11 is 1.67. The molecule has 2 atom stereocenters.